The van der Waals surface area contributed by atoms with Crippen LogP contribution in [-0.2, 0) is 24.1 Å². The number of ether oxygens (including phenoxy) is 1. The van der Waals surface area contributed by atoms with E-state index in [2.05, 4.69) is 22.1 Å². The molecular formula is C22H20F4N4O2S. The van der Waals surface area contributed by atoms with Gasteiger partial charge in [-0.3, -0.25) is 9.36 Å². The van der Waals surface area contributed by atoms with Crippen molar-refractivity contribution in [2.45, 2.75) is 36.7 Å². The Morgan fingerprint density at radius 3 is 2.61 bits per heavy atom. The van der Waals surface area contributed by atoms with Crippen LogP contribution in [0.25, 0.3) is 0 Å². The summed E-state index contributed by atoms with van der Waals surface area (Å²) < 4.78 is 60.4. The first-order valence-corrected chi connectivity index (χ1v) is 10.6. The minimum Gasteiger partial charge on any atom is -0.483 e. The van der Waals surface area contributed by atoms with Gasteiger partial charge in [-0.2, -0.15) is 13.2 Å². The maximum absolute atomic E-state index is 13.8. The average molecular weight is 480 g/mol. The van der Waals surface area contributed by atoms with Gasteiger partial charge in [-0.05, 0) is 31.2 Å². The number of carbonyl (C=O) groups excluding carboxylic acids is 1. The zero-order valence-corrected chi connectivity index (χ0v) is 18.3. The number of carbonyl (C=O) groups is 1. The maximum atomic E-state index is 13.8. The topological polar surface area (TPSA) is 69.0 Å². The number of nitrogens with one attached hydrogen (secondary N) is 1. The van der Waals surface area contributed by atoms with Crippen molar-refractivity contribution in [2.75, 3.05) is 5.32 Å². The van der Waals surface area contributed by atoms with Crippen molar-refractivity contribution in [3.8, 4) is 5.75 Å². The summed E-state index contributed by atoms with van der Waals surface area (Å²) in [6, 6.07) is 10.7. The van der Waals surface area contributed by atoms with Gasteiger partial charge in [0.2, 0.25) is 5.91 Å². The van der Waals surface area contributed by atoms with E-state index < -0.39 is 28.7 Å². The zero-order valence-electron chi connectivity index (χ0n) is 17.5. The van der Waals surface area contributed by atoms with Gasteiger partial charge in [-0.1, -0.05) is 42.1 Å². The first-order chi connectivity index (χ1) is 15.7. The van der Waals surface area contributed by atoms with Crippen molar-refractivity contribution in [3.63, 3.8) is 0 Å². The van der Waals surface area contributed by atoms with Gasteiger partial charge in [0.05, 0.1) is 16.5 Å². The molecule has 3 rings (SSSR count). The van der Waals surface area contributed by atoms with Gasteiger partial charge >= 0.3 is 6.18 Å². The van der Waals surface area contributed by atoms with Crippen LogP contribution >= 0.6 is 11.8 Å². The van der Waals surface area contributed by atoms with Crippen LogP contribution in [0.3, 0.4) is 0 Å². The fraction of sp³-hybridized carbons (Fsp3) is 0.227. The van der Waals surface area contributed by atoms with E-state index in [9.17, 15) is 22.4 Å². The molecule has 3 aromatic rings. The molecule has 0 saturated heterocycles. The van der Waals surface area contributed by atoms with Crippen LogP contribution in [0.4, 0.5) is 23.2 Å². The molecule has 174 valence electrons. The number of anilines is 1. The summed E-state index contributed by atoms with van der Waals surface area (Å²) in [5, 5.41) is 9.96. The molecule has 1 aromatic heterocycles. The normalized spacial score (nSPS) is 12.3. The monoisotopic (exact) mass is 480 g/mol. The summed E-state index contributed by atoms with van der Waals surface area (Å²) >= 11 is 1.02. The smallest absolute Gasteiger partial charge is 0.418 e. The Morgan fingerprint density at radius 1 is 1.21 bits per heavy atom. The lowest BCUT2D eigenvalue weighted by Crippen LogP contribution is -2.24. The molecular weight excluding hydrogens is 460 g/mol. The maximum Gasteiger partial charge on any atom is 0.418 e. The first-order valence-electron chi connectivity index (χ1n) is 9.74. The van der Waals surface area contributed by atoms with Gasteiger partial charge in [-0.15, -0.1) is 16.8 Å². The third-order valence-electron chi connectivity index (χ3n) is 4.44. The summed E-state index contributed by atoms with van der Waals surface area (Å²) in [6.07, 6.45) is -3.01. The molecule has 1 atom stereocenters. The lowest BCUT2D eigenvalue weighted by molar-refractivity contribution is -0.137. The number of halogens is 4. The standard InChI is InChI=1S/C22H20F4N4O2S/c1-3-12-30-19(13-32-18-11-7-5-9-16(18)23)28-29-21(30)33-14(2)20(31)27-17-10-6-4-8-15(17)22(24,25)26/h3-11,14H,1,12-13H2,2H3,(H,27,31). The van der Waals surface area contributed by atoms with Crippen molar-refractivity contribution < 1.29 is 27.1 Å². The predicted octanol–water partition coefficient (Wildman–Crippen LogP) is 5.32. The summed E-state index contributed by atoms with van der Waals surface area (Å²) in [7, 11) is 0. The molecule has 0 bridgehead atoms. The number of rotatable bonds is 9. The van der Waals surface area contributed by atoms with Gasteiger partial charge < -0.3 is 10.1 Å². The molecule has 1 N–H and O–H groups in total. The lowest BCUT2D eigenvalue weighted by Gasteiger charge is -2.16. The molecule has 2 aromatic carbocycles. The SMILES string of the molecule is C=CCn1c(COc2ccccc2F)nnc1SC(C)C(=O)Nc1ccccc1C(F)(F)F. The van der Waals surface area contributed by atoms with Crippen molar-refractivity contribution in [1.82, 2.24) is 14.8 Å². The third-order valence-corrected chi connectivity index (χ3v) is 5.52. The number of hydrogen-bond donors (Lipinski definition) is 1. The summed E-state index contributed by atoms with van der Waals surface area (Å²) in [5.74, 6) is -0.730. The number of alkyl halides is 3. The van der Waals surface area contributed by atoms with Gasteiger partial charge in [-0.25, -0.2) is 4.39 Å². The molecule has 1 amide bonds. The minimum atomic E-state index is -4.60. The molecule has 0 saturated carbocycles. The van der Waals surface area contributed by atoms with Crippen LogP contribution in [0.15, 0.2) is 66.3 Å². The highest BCUT2D eigenvalue weighted by Crippen LogP contribution is 2.35. The Bertz CT molecular complexity index is 1130. The largest absolute Gasteiger partial charge is 0.483 e. The molecule has 6 nitrogen and oxygen atoms in total. The van der Waals surface area contributed by atoms with Crippen molar-refractivity contribution in [1.29, 1.82) is 0 Å². The fourth-order valence-electron chi connectivity index (χ4n) is 2.81. The van der Waals surface area contributed by atoms with Crippen LogP contribution < -0.4 is 10.1 Å². The van der Waals surface area contributed by atoms with Gasteiger partial charge in [0.15, 0.2) is 22.5 Å². The molecule has 0 aliphatic carbocycles. The molecule has 33 heavy (non-hydrogen) atoms. The van der Waals surface area contributed by atoms with Gasteiger partial charge in [0.25, 0.3) is 0 Å². The molecule has 1 heterocycles. The van der Waals surface area contributed by atoms with Crippen LogP contribution in [0.5, 0.6) is 5.75 Å². The van der Waals surface area contributed by atoms with E-state index in [1.807, 2.05) is 0 Å². The number of allylic oxidation sites excluding steroid dienone is 1. The quantitative estimate of drug-likeness (QED) is 0.255. The minimum absolute atomic E-state index is 0.0518. The number of hydrogen-bond acceptors (Lipinski definition) is 5. The number of para-hydroxylation sites is 2. The van der Waals surface area contributed by atoms with E-state index in [0.717, 1.165) is 17.8 Å². The summed E-state index contributed by atoms with van der Waals surface area (Å²) in [6.45, 7) is 5.43. The van der Waals surface area contributed by atoms with Crippen molar-refractivity contribution >= 4 is 23.4 Å². The fourth-order valence-corrected chi connectivity index (χ4v) is 3.69. The molecule has 0 aliphatic rings. The predicted molar refractivity (Wildman–Crippen MR) is 116 cm³/mol. The van der Waals surface area contributed by atoms with Crippen LogP contribution in [0, 0.1) is 5.82 Å². The zero-order chi connectivity index (χ0) is 24.0. The van der Waals surface area contributed by atoms with E-state index in [4.69, 9.17) is 4.74 Å². The molecule has 0 radical (unpaired) electrons. The Balaban J connectivity index is 1.72. The van der Waals surface area contributed by atoms with Gasteiger partial charge in [0, 0.05) is 6.54 Å². The average Bonchev–Trinajstić information content (AvgIpc) is 3.14. The van der Waals surface area contributed by atoms with E-state index in [1.165, 1.54) is 36.4 Å². The molecule has 0 spiro atoms. The molecule has 1 unspecified atom stereocenters. The highest BCUT2D eigenvalue weighted by atomic mass is 32.2. The van der Waals surface area contributed by atoms with Crippen molar-refractivity contribution in [3.05, 3.63) is 78.4 Å². The van der Waals surface area contributed by atoms with Gasteiger partial charge in [0.1, 0.15) is 6.61 Å². The number of nitrogens with zero attached hydrogens (tertiary/aromatic N) is 3. The third kappa shape index (κ3) is 6.13. The van der Waals surface area contributed by atoms with E-state index in [-0.39, 0.29) is 24.6 Å². The van der Waals surface area contributed by atoms with E-state index >= 15 is 0 Å². The molecule has 0 fully saturated rings. The number of aromatic nitrogens is 3. The molecule has 11 heteroatoms. The first kappa shape index (κ1) is 24.3. The Labute approximate surface area is 191 Å². The Hall–Kier alpha value is -3.34. The van der Waals surface area contributed by atoms with E-state index in [0.29, 0.717) is 11.0 Å². The van der Waals surface area contributed by atoms with Crippen LogP contribution in [0.2, 0.25) is 0 Å². The second-order valence-electron chi connectivity index (χ2n) is 6.81. The highest BCUT2D eigenvalue weighted by molar-refractivity contribution is 8.00. The summed E-state index contributed by atoms with van der Waals surface area (Å²) in [5.41, 5.74) is -1.26. The van der Waals surface area contributed by atoms with Crippen LogP contribution in [0.1, 0.15) is 18.3 Å². The second kappa shape index (κ2) is 10.5. The van der Waals surface area contributed by atoms with Crippen LogP contribution in [-0.4, -0.2) is 25.9 Å². The number of thioether (sulfide) groups is 1. The Kier molecular flexibility index (Phi) is 7.75. The summed E-state index contributed by atoms with van der Waals surface area (Å²) in [4.78, 5) is 12.6. The number of amides is 1. The second-order valence-corrected chi connectivity index (χ2v) is 8.12. The molecule has 0 aliphatic heterocycles. The number of benzene rings is 2. The van der Waals surface area contributed by atoms with Crippen molar-refractivity contribution in [2.24, 2.45) is 0 Å². The van der Waals surface area contributed by atoms with E-state index in [1.54, 1.807) is 23.6 Å². The lowest BCUT2D eigenvalue weighted by atomic mass is 10.1. The highest BCUT2D eigenvalue weighted by Gasteiger charge is 2.34. The Morgan fingerprint density at radius 2 is 1.91 bits per heavy atom.